The lowest BCUT2D eigenvalue weighted by atomic mass is 10.2. The molecule has 0 fully saturated rings. The third-order valence-corrected chi connectivity index (χ3v) is 2.34. The maximum atomic E-state index is 11.8. The molecule has 1 aromatic heterocycles. The molecule has 8 nitrogen and oxygen atoms in total. The van der Waals surface area contributed by atoms with Crippen LogP contribution in [-0.2, 0) is 11.2 Å². The van der Waals surface area contributed by atoms with Gasteiger partial charge in [-0.3, -0.25) is 4.79 Å². The summed E-state index contributed by atoms with van der Waals surface area (Å²) in [6, 6.07) is 5.10. The Balaban J connectivity index is 2.07. The van der Waals surface area contributed by atoms with Crippen molar-refractivity contribution < 1.29 is 14.3 Å². The lowest BCUT2D eigenvalue weighted by Crippen LogP contribution is -2.15. The van der Waals surface area contributed by atoms with Crippen molar-refractivity contribution in [2.75, 3.05) is 19.5 Å². The van der Waals surface area contributed by atoms with E-state index < -0.39 is 0 Å². The zero-order chi connectivity index (χ0) is 13.7. The van der Waals surface area contributed by atoms with Gasteiger partial charge in [-0.1, -0.05) is 5.21 Å². The van der Waals surface area contributed by atoms with E-state index in [9.17, 15) is 4.79 Å². The number of hydrogen-bond donors (Lipinski definition) is 2. The van der Waals surface area contributed by atoms with E-state index in [4.69, 9.17) is 9.47 Å². The molecule has 0 saturated carbocycles. The molecule has 1 amide bonds. The molecule has 0 unspecified atom stereocenters. The van der Waals surface area contributed by atoms with Crippen molar-refractivity contribution in [1.82, 2.24) is 20.6 Å². The summed E-state index contributed by atoms with van der Waals surface area (Å²) in [5, 5.41) is 15.8. The third kappa shape index (κ3) is 3.41. The molecule has 2 aromatic rings. The fraction of sp³-hybridized carbons (Fsp3) is 0.273. The predicted molar refractivity (Wildman–Crippen MR) is 66.1 cm³/mol. The normalized spacial score (nSPS) is 10.0. The van der Waals surface area contributed by atoms with Crippen molar-refractivity contribution in [2.24, 2.45) is 0 Å². The molecule has 2 rings (SSSR count). The Kier molecular flexibility index (Phi) is 3.91. The number of aromatic nitrogens is 4. The molecular formula is C11H13N5O3. The highest BCUT2D eigenvalue weighted by Crippen LogP contribution is 2.25. The van der Waals surface area contributed by atoms with Crippen LogP contribution in [0.3, 0.4) is 0 Å². The van der Waals surface area contributed by atoms with Crippen LogP contribution < -0.4 is 14.8 Å². The highest BCUT2D eigenvalue weighted by molar-refractivity contribution is 5.92. The first-order valence-corrected chi connectivity index (χ1v) is 5.46. The molecular weight excluding hydrogens is 250 g/mol. The number of hydrogen-bond acceptors (Lipinski definition) is 6. The van der Waals surface area contributed by atoms with Gasteiger partial charge in [0.15, 0.2) is 5.82 Å². The van der Waals surface area contributed by atoms with Crippen molar-refractivity contribution >= 4 is 11.6 Å². The van der Waals surface area contributed by atoms with Crippen LogP contribution in [0.1, 0.15) is 5.82 Å². The number of H-pyrrole nitrogens is 1. The van der Waals surface area contributed by atoms with Crippen LogP contribution in [0.2, 0.25) is 0 Å². The minimum Gasteiger partial charge on any atom is -0.497 e. The fourth-order valence-corrected chi connectivity index (χ4v) is 1.49. The monoisotopic (exact) mass is 263 g/mol. The molecule has 1 aromatic carbocycles. The van der Waals surface area contributed by atoms with Gasteiger partial charge >= 0.3 is 0 Å². The first kappa shape index (κ1) is 12.8. The van der Waals surface area contributed by atoms with Crippen molar-refractivity contribution in [2.45, 2.75) is 6.42 Å². The van der Waals surface area contributed by atoms with E-state index in [-0.39, 0.29) is 12.3 Å². The maximum Gasteiger partial charge on any atom is 0.232 e. The molecule has 2 N–H and O–H groups in total. The SMILES string of the molecule is COc1cc(NC(=O)Cc2nn[nH]n2)cc(OC)c1. The van der Waals surface area contributed by atoms with Gasteiger partial charge in [-0.05, 0) is 0 Å². The minimum atomic E-state index is -0.253. The number of amides is 1. The molecule has 19 heavy (non-hydrogen) atoms. The number of ether oxygens (including phenoxy) is 2. The van der Waals surface area contributed by atoms with Gasteiger partial charge in [-0.15, -0.1) is 10.2 Å². The Morgan fingerprint density at radius 1 is 1.26 bits per heavy atom. The first-order chi connectivity index (χ1) is 9.21. The molecule has 0 aliphatic heterocycles. The van der Waals surface area contributed by atoms with Gasteiger partial charge in [0.1, 0.15) is 11.5 Å². The summed E-state index contributed by atoms with van der Waals surface area (Å²) in [4.78, 5) is 11.8. The molecule has 0 spiro atoms. The summed E-state index contributed by atoms with van der Waals surface area (Å²) in [5.74, 6) is 1.26. The van der Waals surface area contributed by atoms with Gasteiger partial charge in [0.05, 0.1) is 20.6 Å². The maximum absolute atomic E-state index is 11.8. The zero-order valence-electron chi connectivity index (χ0n) is 10.5. The molecule has 0 atom stereocenters. The van der Waals surface area contributed by atoms with Crippen LogP contribution in [0.4, 0.5) is 5.69 Å². The van der Waals surface area contributed by atoms with Crippen LogP contribution in [0.5, 0.6) is 11.5 Å². The van der Waals surface area contributed by atoms with E-state index in [1.165, 1.54) is 0 Å². The van der Waals surface area contributed by atoms with Gasteiger partial charge in [-0.25, -0.2) is 0 Å². The van der Waals surface area contributed by atoms with Gasteiger partial charge < -0.3 is 14.8 Å². The molecule has 1 heterocycles. The topological polar surface area (TPSA) is 102 Å². The van der Waals surface area contributed by atoms with E-state index in [2.05, 4.69) is 25.9 Å². The molecule has 0 radical (unpaired) electrons. The van der Waals surface area contributed by atoms with E-state index >= 15 is 0 Å². The summed E-state index contributed by atoms with van der Waals surface area (Å²) in [6.45, 7) is 0. The summed E-state index contributed by atoms with van der Waals surface area (Å²) in [6.07, 6.45) is 0.0377. The molecule has 100 valence electrons. The number of nitrogens with zero attached hydrogens (tertiary/aromatic N) is 3. The van der Waals surface area contributed by atoms with Gasteiger partial charge in [0.25, 0.3) is 0 Å². The number of anilines is 1. The van der Waals surface area contributed by atoms with Crippen LogP contribution >= 0.6 is 0 Å². The molecule has 0 bridgehead atoms. The van der Waals surface area contributed by atoms with Crippen LogP contribution in [0, 0.1) is 0 Å². The molecule has 0 aliphatic carbocycles. The summed E-state index contributed by atoms with van der Waals surface area (Å²) in [7, 11) is 3.08. The second kappa shape index (κ2) is 5.80. The molecule has 8 heteroatoms. The quantitative estimate of drug-likeness (QED) is 0.809. The van der Waals surface area contributed by atoms with Crippen LogP contribution in [-0.4, -0.2) is 40.8 Å². The molecule has 0 aliphatic rings. The van der Waals surface area contributed by atoms with E-state index in [1.807, 2.05) is 0 Å². The predicted octanol–water partition coefficient (Wildman–Crippen LogP) is 0.398. The molecule has 0 saturated heterocycles. The average Bonchev–Trinajstić information content (AvgIpc) is 2.90. The lowest BCUT2D eigenvalue weighted by molar-refractivity contribution is -0.115. The highest BCUT2D eigenvalue weighted by atomic mass is 16.5. The van der Waals surface area contributed by atoms with Crippen molar-refractivity contribution in [3.05, 3.63) is 24.0 Å². The van der Waals surface area contributed by atoms with Crippen LogP contribution in [0.15, 0.2) is 18.2 Å². The smallest absolute Gasteiger partial charge is 0.232 e. The van der Waals surface area contributed by atoms with E-state index in [0.29, 0.717) is 23.0 Å². The van der Waals surface area contributed by atoms with Gasteiger partial charge in [0.2, 0.25) is 5.91 Å². The van der Waals surface area contributed by atoms with Crippen molar-refractivity contribution in [3.63, 3.8) is 0 Å². The Morgan fingerprint density at radius 2 is 1.95 bits per heavy atom. The number of carbonyl (C=O) groups excluding carboxylic acids is 1. The Labute approximate surface area is 109 Å². The average molecular weight is 263 g/mol. The number of aromatic amines is 1. The van der Waals surface area contributed by atoms with E-state index in [1.54, 1.807) is 32.4 Å². The Hall–Kier alpha value is -2.64. The third-order valence-electron chi connectivity index (χ3n) is 2.34. The second-order valence-electron chi connectivity index (χ2n) is 3.65. The van der Waals surface area contributed by atoms with Gasteiger partial charge in [-0.2, -0.15) is 5.21 Å². The lowest BCUT2D eigenvalue weighted by Gasteiger charge is -2.09. The number of nitrogens with one attached hydrogen (secondary N) is 2. The fourth-order valence-electron chi connectivity index (χ4n) is 1.49. The van der Waals surface area contributed by atoms with Crippen molar-refractivity contribution in [3.8, 4) is 11.5 Å². The second-order valence-corrected chi connectivity index (χ2v) is 3.65. The van der Waals surface area contributed by atoms with Crippen molar-refractivity contribution in [1.29, 1.82) is 0 Å². The summed E-state index contributed by atoms with van der Waals surface area (Å²) >= 11 is 0. The Morgan fingerprint density at radius 3 is 2.47 bits per heavy atom. The standard InChI is InChI=1S/C11H13N5O3/c1-18-8-3-7(4-9(5-8)19-2)12-11(17)6-10-13-15-16-14-10/h3-5H,6H2,1-2H3,(H,12,17)(H,13,14,15,16). The number of benzene rings is 1. The number of carbonyl (C=O) groups is 1. The minimum absolute atomic E-state index is 0.0377. The first-order valence-electron chi connectivity index (χ1n) is 5.46. The highest BCUT2D eigenvalue weighted by Gasteiger charge is 2.09. The zero-order valence-corrected chi connectivity index (χ0v) is 10.5. The number of rotatable bonds is 5. The summed E-state index contributed by atoms with van der Waals surface area (Å²) < 4.78 is 10.2. The largest absolute Gasteiger partial charge is 0.497 e. The summed E-state index contributed by atoms with van der Waals surface area (Å²) in [5.41, 5.74) is 0.574. The Bertz CT molecular complexity index is 533. The van der Waals surface area contributed by atoms with Crippen LogP contribution in [0.25, 0.3) is 0 Å². The number of tetrazole rings is 1. The number of methoxy groups -OCH3 is 2. The van der Waals surface area contributed by atoms with E-state index in [0.717, 1.165) is 0 Å². The van der Waals surface area contributed by atoms with Gasteiger partial charge in [0, 0.05) is 23.9 Å².